The molecule has 2 heterocycles. The van der Waals surface area contributed by atoms with Gasteiger partial charge in [0.15, 0.2) is 0 Å². The van der Waals surface area contributed by atoms with E-state index in [1.165, 1.54) is 0 Å². The Balaban J connectivity index is 1.89. The van der Waals surface area contributed by atoms with Gasteiger partial charge in [0.05, 0.1) is 22.3 Å². The Morgan fingerprint density at radius 2 is 2.20 bits per heavy atom. The lowest BCUT2D eigenvalue weighted by Gasteiger charge is -2.07. The van der Waals surface area contributed by atoms with Crippen molar-refractivity contribution in [3.05, 3.63) is 23.7 Å². The molecule has 1 aromatic carbocycles. The predicted octanol–water partition coefficient (Wildman–Crippen LogP) is 2.21. The van der Waals surface area contributed by atoms with Gasteiger partial charge in [0, 0.05) is 5.69 Å². The molecular weight excluding hydrogens is 276 g/mol. The number of rotatable bonds is 4. The standard InChI is InChI=1S/C12H12N6OS/c1-2-19-12-17-10(13)16-11(18-12)15-7-3-4-8-9(5-7)20-6-14-8/h3-6H,2H2,1H3,(H3,13,15,16,17,18). The van der Waals surface area contributed by atoms with E-state index in [-0.39, 0.29) is 12.0 Å². The third-order valence-corrected chi connectivity index (χ3v) is 3.28. The second-order valence-corrected chi connectivity index (χ2v) is 4.78. The molecule has 0 radical (unpaired) electrons. The molecule has 0 unspecified atom stereocenters. The largest absolute Gasteiger partial charge is 0.464 e. The third kappa shape index (κ3) is 2.59. The Kier molecular flexibility index (Phi) is 3.30. The van der Waals surface area contributed by atoms with E-state index < -0.39 is 0 Å². The summed E-state index contributed by atoms with van der Waals surface area (Å²) in [6.07, 6.45) is 0. The van der Waals surface area contributed by atoms with Crippen LogP contribution >= 0.6 is 11.3 Å². The monoisotopic (exact) mass is 288 g/mol. The van der Waals surface area contributed by atoms with Crippen molar-refractivity contribution in [2.24, 2.45) is 0 Å². The Labute approximate surface area is 118 Å². The predicted molar refractivity (Wildman–Crippen MR) is 78.3 cm³/mol. The van der Waals surface area contributed by atoms with Gasteiger partial charge in [-0.3, -0.25) is 0 Å². The number of nitrogens with one attached hydrogen (secondary N) is 1. The Hall–Kier alpha value is -2.48. The SMILES string of the molecule is CCOc1nc(N)nc(Nc2ccc3ncsc3c2)n1. The second kappa shape index (κ2) is 5.25. The number of nitrogens with zero attached hydrogens (tertiary/aromatic N) is 4. The maximum absolute atomic E-state index is 5.63. The molecule has 0 bridgehead atoms. The van der Waals surface area contributed by atoms with E-state index in [0.29, 0.717) is 12.6 Å². The van der Waals surface area contributed by atoms with Crippen LogP contribution in [0.1, 0.15) is 6.92 Å². The van der Waals surface area contributed by atoms with E-state index in [1.807, 2.05) is 30.6 Å². The molecule has 8 heteroatoms. The fourth-order valence-electron chi connectivity index (χ4n) is 1.68. The molecule has 2 aromatic heterocycles. The van der Waals surface area contributed by atoms with Crippen LogP contribution in [0.2, 0.25) is 0 Å². The molecule has 0 fully saturated rings. The van der Waals surface area contributed by atoms with Crippen LogP contribution in [0.15, 0.2) is 23.7 Å². The minimum Gasteiger partial charge on any atom is -0.464 e. The smallest absolute Gasteiger partial charge is 0.323 e. The summed E-state index contributed by atoms with van der Waals surface area (Å²) in [6, 6.07) is 6.03. The van der Waals surface area contributed by atoms with Gasteiger partial charge in [-0.25, -0.2) is 4.98 Å². The lowest BCUT2D eigenvalue weighted by molar-refractivity contribution is 0.312. The minimum atomic E-state index is 0.116. The van der Waals surface area contributed by atoms with Crippen LogP contribution in [0.5, 0.6) is 6.01 Å². The van der Waals surface area contributed by atoms with Crippen LogP contribution in [0.3, 0.4) is 0 Å². The highest BCUT2D eigenvalue weighted by Crippen LogP contribution is 2.23. The molecule has 3 aromatic rings. The van der Waals surface area contributed by atoms with Gasteiger partial charge in [-0.15, -0.1) is 11.3 Å². The first-order valence-corrected chi connectivity index (χ1v) is 6.87. The first kappa shape index (κ1) is 12.5. The van der Waals surface area contributed by atoms with E-state index in [9.17, 15) is 0 Å². The molecule has 0 saturated heterocycles. The van der Waals surface area contributed by atoms with Gasteiger partial charge >= 0.3 is 6.01 Å². The van der Waals surface area contributed by atoms with Gasteiger partial charge in [0.1, 0.15) is 0 Å². The lowest BCUT2D eigenvalue weighted by Crippen LogP contribution is -2.06. The van der Waals surface area contributed by atoms with Gasteiger partial charge in [-0.1, -0.05) is 0 Å². The summed E-state index contributed by atoms with van der Waals surface area (Å²) in [5.41, 5.74) is 9.26. The van der Waals surface area contributed by atoms with E-state index in [2.05, 4.69) is 25.3 Å². The molecular formula is C12H12N6OS. The van der Waals surface area contributed by atoms with Crippen molar-refractivity contribution in [1.82, 2.24) is 19.9 Å². The fourth-order valence-corrected chi connectivity index (χ4v) is 2.40. The van der Waals surface area contributed by atoms with Crippen LogP contribution in [0.25, 0.3) is 10.2 Å². The van der Waals surface area contributed by atoms with E-state index in [4.69, 9.17) is 10.5 Å². The van der Waals surface area contributed by atoms with Crippen LogP contribution in [0, 0.1) is 0 Å². The first-order chi connectivity index (χ1) is 9.74. The molecule has 3 N–H and O–H groups in total. The summed E-state index contributed by atoms with van der Waals surface area (Å²) in [7, 11) is 0. The molecule has 0 spiro atoms. The highest BCUT2D eigenvalue weighted by Gasteiger charge is 2.06. The highest BCUT2D eigenvalue weighted by atomic mass is 32.1. The third-order valence-electron chi connectivity index (χ3n) is 2.49. The number of ether oxygens (including phenoxy) is 1. The van der Waals surface area contributed by atoms with Crippen molar-refractivity contribution in [1.29, 1.82) is 0 Å². The van der Waals surface area contributed by atoms with Crippen LogP contribution in [-0.2, 0) is 0 Å². The Morgan fingerprint density at radius 1 is 1.30 bits per heavy atom. The number of anilines is 3. The van der Waals surface area contributed by atoms with Gasteiger partial charge in [-0.2, -0.15) is 15.0 Å². The quantitative estimate of drug-likeness (QED) is 0.759. The second-order valence-electron chi connectivity index (χ2n) is 3.89. The average molecular weight is 288 g/mol. The summed E-state index contributed by atoms with van der Waals surface area (Å²) in [4.78, 5) is 16.3. The van der Waals surface area contributed by atoms with Gasteiger partial charge in [-0.05, 0) is 25.1 Å². The summed E-state index contributed by atoms with van der Waals surface area (Å²) in [6.45, 7) is 2.32. The van der Waals surface area contributed by atoms with Crippen LogP contribution in [0.4, 0.5) is 17.6 Å². The molecule has 7 nitrogen and oxygen atoms in total. The minimum absolute atomic E-state index is 0.116. The van der Waals surface area contributed by atoms with Crippen molar-refractivity contribution in [2.45, 2.75) is 6.92 Å². The number of hydrogen-bond acceptors (Lipinski definition) is 8. The zero-order valence-corrected chi connectivity index (χ0v) is 11.5. The zero-order valence-electron chi connectivity index (χ0n) is 10.7. The molecule has 0 amide bonds. The number of hydrogen-bond donors (Lipinski definition) is 2. The highest BCUT2D eigenvalue weighted by molar-refractivity contribution is 7.16. The summed E-state index contributed by atoms with van der Waals surface area (Å²) < 4.78 is 6.32. The van der Waals surface area contributed by atoms with Crippen molar-refractivity contribution in [3.8, 4) is 6.01 Å². The van der Waals surface area contributed by atoms with E-state index in [0.717, 1.165) is 15.9 Å². The Bertz CT molecular complexity index is 744. The van der Waals surface area contributed by atoms with Crippen LogP contribution in [-0.4, -0.2) is 26.5 Å². The van der Waals surface area contributed by atoms with E-state index in [1.54, 1.807) is 11.3 Å². The van der Waals surface area contributed by atoms with E-state index >= 15 is 0 Å². The molecule has 3 rings (SSSR count). The van der Waals surface area contributed by atoms with Gasteiger partial charge < -0.3 is 15.8 Å². The summed E-state index contributed by atoms with van der Waals surface area (Å²) >= 11 is 1.57. The molecule has 0 atom stereocenters. The molecule has 20 heavy (non-hydrogen) atoms. The summed E-state index contributed by atoms with van der Waals surface area (Å²) in [5.74, 6) is 0.467. The fraction of sp³-hybridized carbons (Fsp3) is 0.167. The zero-order chi connectivity index (χ0) is 13.9. The van der Waals surface area contributed by atoms with Crippen molar-refractivity contribution < 1.29 is 4.74 Å². The van der Waals surface area contributed by atoms with Crippen molar-refractivity contribution in [2.75, 3.05) is 17.7 Å². The topological polar surface area (TPSA) is 98.8 Å². The number of fused-ring (bicyclic) bond motifs is 1. The number of aromatic nitrogens is 4. The Morgan fingerprint density at radius 3 is 3.05 bits per heavy atom. The van der Waals surface area contributed by atoms with Crippen molar-refractivity contribution in [3.63, 3.8) is 0 Å². The van der Waals surface area contributed by atoms with Crippen molar-refractivity contribution >= 4 is 39.1 Å². The molecule has 0 aliphatic heterocycles. The number of nitrogen functional groups attached to an aromatic ring is 1. The maximum Gasteiger partial charge on any atom is 0.323 e. The molecule has 0 aliphatic carbocycles. The van der Waals surface area contributed by atoms with Gasteiger partial charge in [0.25, 0.3) is 0 Å². The molecule has 0 aliphatic rings. The lowest BCUT2D eigenvalue weighted by atomic mass is 10.3. The van der Waals surface area contributed by atoms with Crippen LogP contribution < -0.4 is 15.8 Å². The number of nitrogens with two attached hydrogens (primary N) is 1. The molecule has 102 valence electrons. The number of benzene rings is 1. The first-order valence-electron chi connectivity index (χ1n) is 5.99. The summed E-state index contributed by atoms with van der Waals surface area (Å²) in [5, 5.41) is 3.08. The van der Waals surface area contributed by atoms with Gasteiger partial charge in [0.2, 0.25) is 11.9 Å². The molecule has 0 saturated carbocycles. The maximum atomic E-state index is 5.63. The normalized spacial score (nSPS) is 10.7. The average Bonchev–Trinajstić information content (AvgIpc) is 2.85. The number of thiazole rings is 1.